The third kappa shape index (κ3) is 1.40. The van der Waals surface area contributed by atoms with Crippen molar-refractivity contribution in [2.75, 3.05) is 0 Å². The number of aromatic nitrogens is 2. The molecule has 2 rings (SSSR count). The number of carboxylic acids is 1. The fourth-order valence-electron chi connectivity index (χ4n) is 1.85. The maximum absolute atomic E-state index is 11.2. The van der Waals surface area contributed by atoms with E-state index in [0.717, 1.165) is 17.1 Å². The average Bonchev–Trinajstić information content (AvgIpc) is 2.92. The predicted molar refractivity (Wildman–Crippen MR) is 54.8 cm³/mol. The van der Waals surface area contributed by atoms with E-state index in [2.05, 4.69) is 9.97 Å². The highest BCUT2D eigenvalue weighted by molar-refractivity contribution is 5.84. The number of aliphatic carboxylic acids is 1. The number of hydrogen-bond acceptors (Lipinski definition) is 3. The minimum atomic E-state index is -0.775. The molecule has 0 aromatic carbocycles. The summed E-state index contributed by atoms with van der Waals surface area (Å²) in [5, 5.41) is 9.17. The Morgan fingerprint density at radius 3 is 2.13 bits per heavy atom. The zero-order valence-corrected chi connectivity index (χ0v) is 9.16. The van der Waals surface area contributed by atoms with Gasteiger partial charge in [-0.3, -0.25) is 14.8 Å². The first-order valence-corrected chi connectivity index (χ1v) is 5.03. The van der Waals surface area contributed by atoms with Crippen molar-refractivity contribution >= 4 is 5.97 Å². The van der Waals surface area contributed by atoms with Gasteiger partial charge in [-0.1, -0.05) is 0 Å². The quantitative estimate of drug-likeness (QED) is 0.796. The normalized spacial score (nSPS) is 17.5. The van der Waals surface area contributed by atoms with Gasteiger partial charge >= 0.3 is 5.97 Å². The topological polar surface area (TPSA) is 63.1 Å². The standard InChI is InChI=1S/C11H14N2O2/c1-6-7(2)13-9(8(3)12-6)11(4-5-11)10(14)15/h4-5H2,1-3H3,(H,14,15). The van der Waals surface area contributed by atoms with Crippen molar-refractivity contribution in [3.8, 4) is 0 Å². The van der Waals surface area contributed by atoms with Gasteiger partial charge in [-0.25, -0.2) is 0 Å². The Labute approximate surface area is 88.4 Å². The van der Waals surface area contributed by atoms with Crippen LogP contribution in [0.5, 0.6) is 0 Å². The van der Waals surface area contributed by atoms with Crippen LogP contribution in [-0.2, 0) is 10.2 Å². The van der Waals surface area contributed by atoms with E-state index in [1.807, 2.05) is 20.8 Å². The van der Waals surface area contributed by atoms with Gasteiger partial charge in [-0.05, 0) is 33.6 Å². The molecule has 15 heavy (non-hydrogen) atoms. The molecule has 0 bridgehead atoms. The van der Waals surface area contributed by atoms with Gasteiger partial charge < -0.3 is 5.11 Å². The minimum Gasteiger partial charge on any atom is -0.481 e. The van der Waals surface area contributed by atoms with Gasteiger partial charge in [0.1, 0.15) is 5.41 Å². The Kier molecular flexibility index (Phi) is 2.03. The highest BCUT2D eigenvalue weighted by Crippen LogP contribution is 2.48. The van der Waals surface area contributed by atoms with Gasteiger partial charge in [0, 0.05) is 0 Å². The first-order valence-electron chi connectivity index (χ1n) is 5.03. The third-order valence-electron chi connectivity index (χ3n) is 3.09. The minimum absolute atomic E-state index is 0.651. The smallest absolute Gasteiger partial charge is 0.315 e. The molecule has 0 unspecified atom stereocenters. The van der Waals surface area contributed by atoms with Crippen LogP contribution in [0.15, 0.2) is 0 Å². The molecule has 0 atom stereocenters. The van der Waals surface area contributed by atoms with Crippen molar-refractivity contribution in [3.63, 3.8) is 0 Å². The molecule has 1 N–H and O–H groups in total. The van der Waals surface area contributed by atoms with Gasteiger partial charge in [0.2, 0.25) is 0 Å². The summed E-state index contributed by atoms with van der Waals surface area (Å²) in [7, 11) is 0. The lowest BCUT2D eigenvalue weighted by Crippen LogP contribution is -2.23. The van der Waals surface area contributed by atoms with E-state index in [1.165, 1.54) is 0 Å². The molecule has 0 spiro atoms. The highest BCUT2D eigenvalue weighted by atomic mass is 16.4. The molecule has 1 aliphatic carbocycles. The van der Waals surface area contributed by atoms with Crippen LogP contribution in [0, 0.1) is 20.8 Å². The lowest BCUT2D eigenvalue weighted by Gasteiger charge is -2.13. The van der Waals surface area contributed by atoms with E-state index < -0.39 is 11.4 Å². The summed E-state index contributed by atoms with van der Waals surface area (Å²) in [4.78, 5) is 19.9. The predicted octanol–water partition coefficient (Wildman–Crippen LogP) is 1.52. The molecule has 0 radical (unpaired) electrons. The van der Waals surface area contributed by atoms with E-state index in [4.69, 9.17) is 0 Å². The summed E-state index contributed by atoms with van der Waals surface area (Å²) in [6.07, 6.45) is 1.36. The van der Waals surface area contributed by atoms with Gasteiger partial charge in [0.15, 0.2) is 0 Å². The van der Waals surface area contributed by atoms with Gasteiger partial charge in [-0.2, -0.15) is 0 Å². The number of hydrogen-bond donors (Lipinski definition) is 1. The number of carboxylic acid groups (broad SMARTS) is 1. The van der Waals surface area contributed by atoms with E-state index in [1.54, 1.807) is 0 Å². The Morgan fingerprint density at radius 1 is 1.13 bits per heavy atom. The second-order valence-corrected chi connectivity index (χ2v) is 4.22. The van der Waals surface area contributed by atoms with Gasteiger partial charge in [-0.15, -0.1) is 0 Å². The molecule has 0 aliphatic heterocycles. The Balaban J connectivity index is 2.54. The number of aryl methyl sites for hydroxylation is 3. The fraction of sp³-hybridized carbons (Fsp3) is 0.545. The summed E-state index contributed by atoms with van der Waals surface area (Å²) in [6.45, 7) is 5.58. The van der Waals surface area contributed by atoms with E-state index >= 15 is 0 Å². The highest BCUT2D eigenvalue weighted by Gasteiger charge is 2.54. The molecule has 1 aromatic rings. The van der Waals surface area contributed by atoms with Crippen molar-refractivity contribution < 1.29 is 9.90 Å². The molecular formula is C11H14N2O2. The summed E-state index contributed by atoms with van der Waals surface area (Å²) in [5.74, 6) is -0.775. The van der Waals surface area contributed by atoms with Crippen molar-refractivity contribution in [1.82, 2.24) is 9.97 Å². The molecule has 1 aliphatic rings. The van der Waals surface area contributed by atoms with Crippen LogP contribution >= 0.6 is 0 Å². The first kappa shape index (κ1) is 10.1. The number of nitrogens with zero attached hydrogens (tertiary/aromatic N) is 2. The molecule has 0 saturated heterocycles. The summed E-state index contributed by atoms with van der Waals surface area (Å²) >= 11 is 0. The molecule has 0 amide bonds. The van der Waals surface area contributed by atoms with Crippen molar-refractivity contribution in [3.05, 3.63) is 22.8 Å². The van der Waals surface area contributed by atoms with E-state index in [0.29, 0.717) is 18.5 Å². The largest absolute Gasteiger partial charge is 0.481 e. The maximum atomic E-state index is 11.2. The molecule has 1 heterocycles. The second kappa shape index (κ2) is 3.02. The molecular weight excluding hydrogens is 192 g/mol. The van der Waals surface area contributed by atoms with Crippen molar-refractivity contribution in [2.24, 2.45) is 0 Å². The van der Waals surface area contributed by atoms with Crippen LogP contribution < -0.4 is 0 Å². The fourth-order valence-corrected chi connectivity index (χ4v) is 1.85. The van der Waals surface area contributed by atoms with E-state index in [-0.39, 0.29) is 0 Å². The SMILES string of the molecule is Cc1nc(C)c(C2(C(=O)O)CC2)nc1C. The Bertz CT molecular complexity index is 436. The van der Waals surface area contributed by atoms with Gasteiger partial charge in [0.05, 0.1) is 22.8 Å². The zero-order valence-electron chi connectivity index (χ0n) is 9.16. The zero-order chi connectivity index (χ0) is 11.2. The van der Waals surface area contributed by atoms with Crippen LogP contribution in [0.1, 0.15) is 35.6 Å². The molecule has 1 saturated carbocycles. The van der Waals surface area contributed by atoms with Crippen LogP contribution in [0.2, 0.25) is 0 Å². The van der Waals surface area contributed by atoms with Crippen LogP contribution in [-0.4, -0.2) is 21.0 Å². The summed E-state index contributed by atoms with van der Waals surface area (Å²) < 4.78 is 0. The molecule has 80 valence electrons. The lowest BCUT2D eigenvalue weighted by molar-refractivity contribution is -0.140. The molecule has 4 heteroatoms. The van der Waals surface area contributed by atoms with Crippen molar-refractivity contribution in [2.45, 2.75) is 39.0 Å². The number of carbonyl (C=O) groups is 1. The van der Waals surface area contributed by atoms with Gasteiger partial charge in [0.25, 0.3) is 0 Å². The monoisotopic (exact) mass is 206 g/mol. The molecule has 1 aromatic heterocycles. The molecule has 4 nitrogen and oxygen atoms in total. The van der Waals surface area contributed by atoms with E-state index in [9.17, 15) is 9.90 Å². The van der Waals surface area contributed by atoms with Crippen LogP contribution in [0.3, 0.4) is 0 Å². The summed E-state index contributed by atoms with van der Waals surface area (Å²) in [5.41, 5.74) is 2.35. The Hall–Kier alpha value is -1.45. The van der Waals surface area contributed by atoms with Crippen LogP contribution in [0.25, 0.3) is 0 Å². The van der Waals surface area contributed by atoms with Crippen LogP contribution in [0.4, 0.5) is 0 Å². The molecule has 1 fully saturated rings. The Morgan fingerprint density at radius 2 is 1.67 bits per heavy atom. The third-order valence-corrected chi connectivity index (χ3v) is 3.09. The second-order valence-electron chi connectivity index (χ2n) is 4.22. The first-order chi connectivity index (χ1) is 6.97. The van der Waals surface area contributed by atoms with Crippen molar-refractivity contribution in [1.29, 1.82) is 0 Å². The summed E-state index contributed by atoms with van der Waals surface area (Å²) in [6, 6.07) is 0. The number of rotatable bonds is 2. The average molecular weight is 206 g/mol. The maximum Gasteiger partial charge on any atom is 0.315 e. The lowest BCUT2D eigenvalue weighted by atomic mass is 10.0.